The molecule has 0 spiro atoms. The van der Waals surface area contributed by atoms with Crippen LogP contribution in [0.3, 0.4) is 0 Å². The van der Waals surface area contributed by atoms with E-state index in [1.165, 1.54) is 24.3 Å². The van der Waals surface area contributed by atoms with Gasteiger partial charge in [-0.15, -0.1) is 0 Å². The van der Waals surface area contributed by atoms with E-state index in [9.17, 15) is 24.2 Å². The number of carbonyl (C=O) groups is 2. The van der Waals surface area contributed by atoms with Crippen molar-refractivity contribution in [3.8, 4) is 17.3 Å². The topological polar surface area (TPSA) is 123 Å². The zero-order chi connectivity index (χ0) is 27.2. The van der Waals surface area contributed by atoms with Crippen molar-refractivity contribution >= 4 is 11.9 Å². The number of amides is 1. The van der Waals surface area contributed by atoms with Gasteiger partial charge in [-0.2, -0.15) is 9.78 Å². The summed E-state index contributed by atoms with van der Waals surface area (Å²) in [5.41, 5.74) is -0.767. The van der Waals surface area contributed by atoms with Crippen LogP contribution in [-0.4, -0.2) is 50.7 Å². The molecule has 0 aliphatic heterocycles. The minimum atomic E-state index is -1.19. The fourth-order valence-electron chi connectivity index (χ4n) is 3.46. The molecule has 0 saturated heterocycles. The number of carboxylic acid groups (broad SMARTS) is 1. The van der Waals surface area contributed by atoms with Gasteiger partial charge in [-0.25, -0.2) is 4.39 Å². The molecule has 3 N–H and O–H groups in total. The smallest absolute Gasteiger partial charge is 0.305 e. The summed E-state index contributed by atoms with van der Waals surface area (Å²) in [4.78, 5) is 24.8. The third-order valence-electron chi connectivity index (χ3n) is 6.02. The zero-order valence-corrected chi connectivity index (χ0v) is 21.3. The van der Waals surface area contributed by atoms with Gasteiger partial charge in [-0.1, -0.05) is 44.2 Å². The molecule has 37 heavy (non-hydrogen) atoms. The summed E-state index contributed by atoms with van der Waals surface area (Å²) in [6.07, 6.45) is -0.398. The Labute approximate surface area is 214 Å². The fraction of sp³-hybridized carbons (Fsp3) is 0.370. The van der Waals surface area contributed by atoms with Crippen LogP contribution in [0.4, 0.5) is 4.39 Å². The van der Waals surface area contributed by atoms with Gasteiger partial charge in [0.25, 0.3) is 5.91 Å². The van der Waals surface area contributed by atoms with Crippen LogP contribution in [0.5, 0.6) is 11.6 Å². The van der Waals surface area contributed by atoms with Gasteiger partial charge in [-0.05, 0) is 38.0 Å². The average Bonchev–Trinajstić information content (AvgIpc) is 3.27. The number of nitrogens with one attached hydrogen (secondary N) is 1. The Morgan fingerprint density at radius 3 is 2.46 bits per heavy atom. The quantitative estimate of drug-likeness (QED) is 0.333. The van der Waals surface area contributed by atoms with Crippen LogP contribution in [0, 0.1) is 11.7 Å². The molecule has 10 heteroatoms. The van der Waals surface area contributed by atoms with Crippen molar-refractivity contribution in [2.45, 2.75) is 45.8 Å². The maximum absolute atomic E-state index is 14.6. The fourth-order valence-corrected chi connectivity index (χ4v) is 3.46. The number of para-hydroxylation sites is 2. The summed E-state index contributed by atoms with van der Waals surface area (Å²) in [5, 5.41) is 27.0. The van der Waals surface area contributed by atoms with Crippen LogP contribution < -0.4 is 14.8 Å². The summed E-state index contributed by atoms with van der Waals surface area (Å²) in [7, 11) is 0. The summed E-state index contributed by atoms with van der Waals surface area (Å²) < 4.78 is 27.2. The van der Waals surface area contributed by atoms with Crippen LogP contribution in [0.1, 0.15) is 56.2 Å². The van der Waals surface area contributed by atoms with Crippen molar-refractivity contribution in [1.82, 2.24) is 15.1 Å². The van der Waals surface area contributed by atoms with E-state index in [2.05, 4.69) is 10.4 Å². The Bertz CT molecular complexity index is 1240. The number of benzene rings is 2. The van der Waals surface area contributed by atoms with Crippen LogP contribution in [0.25, 0.3) is 5.69 Å². The highest BCUT2D eigenvalue weighted by Crippen LogP contribution is 2.29. The van der Waals surface area contributed by atoms with Gasteiger partial charge in [0, 0.05) is 11.6 Å². The number of hydrogen-bond donors (Lipinski definition) is 3. The third-order valence-corrected chi connectivity index (χ3v) is 6.02. The summed E-state index contributed by atoms with van der Waals surface area (Å²) in [6.45, 7) is 7.31. The molecule has 1 heterocycles. The van der Waals surface area contributed by atoms with Crippen molar-refractivity contribution in [1.29, 1.82) is 0 Å². The molecule has 3 rings (SSSR count). The number of halogens is 1. The number of aromatic nitrogens is 2. The maximum Gasteiger partial charge on any atom is 0.305 e. The first-order valence-electron chi connectivity index (χ1n) is 12.0. The SMILES string of the molecule is CCOc1ccccc1[C@H](CC(=O)O)NC(=O)c1cc(OC[C@@](C)(O)C(C)C)n(-c2ccccc2F)n1. The number of ether oxygens (including phenoxy) is 2. The van der Waals surface area contributed by atoms with Crippen LogP contribution in [0.15, 0.2) is 54.6 Å². The van der Waals surface area contributed by atoms with E-state index in [-0.39, 0.29) is 29.8 Å². The Morgan fingerprint density at radius 2 is 1.81 bits per heavy atom. The number of nitrogens with zero attached hydrogens (tertiary/aromatic N) is 2. The standard InChI is InChI=1S/C27H32FN3O6/c1-5-36-23-13-9-6-10-18(23)20(15-25(32)33)29-26(34)21-14-24(37-16-27(4,35)17(2)3)31(30-21)22-12-8-7-11-19(22)28/h6-14,17,20,35H,5,15-16H2,1-4H3,(H,29,34)(H,32,33)/t20-,27+/m0/s1. The van der Waals surface area contributed by atoms with E-state index in [1.807, 2.05) is 13.8 Å². The number of aliphatic hydroxyl groups is 1. The molecule has 3 aromatic rings. The van der Waals surface area contributed by atoms with E-state index in [4.69, 9.17) is 9.47 Å². The second kappa shape index (κ2) is 11.9. The van der Waals surface area contributed by atoms with E-state index < -0.39 is 35.8 Å². The summed E-state index contributed by atoms with van der Waals surface area (Å²) in [6, 6.07) is 13.1. The lowest BCUT2D eigenvalue weighted by Crippen LogP contribution is -2.38. The van der Waals surface area contributed by atoms with Crippen molar-refractivity contribution in [3.63, 3.8) is 0 Å². The second-order valence-corrected chi connectivity index (χ2v) is 9.13. The monoisotopic (exact) mass is 513 g/mol. The van der Waals surface area contributed by atoms with E-state index in [1.54, 1.807) is 44.2 Å². The second-order valence-electron chi connectivity index (χ2n) is 9.13. The van der Waals surface area contributed by atoms with Gasteiger partial charge in [0.15, 0.2) is 5.69 Å². The van der Waals surface area contributed by atoms with Gasteiger partial charge in [0.05, 0.1) is 24.7 Å². The normalized spacial score (nSPS) is 13.6. The van der Waals surface area contributed by atoms with Gasteiger partial charge in [0.2, 0.25) is 5.88 Å². The number of carboxylic acids is 1. The van der Waals surface area contributed by atoms with Crippen molar-refractivity contribution in [2.24, 2.45) is 5.92 Å². The first-order valence-corrected chi connectivity index (χ1v) is 12.0. The molecule has 0 aliphatic rings. The third kappa shape index (κ3) is 6.85. The number of rotatable bonds is 12. The molecular weight excluding hydrogens is 481 g/mol. The Kier molecular flexibility index (Phi) is 8.88. The highest BCUT2D eigenvalue weighted by molar-refractivity contribution is 5.93. The van der Waals surface area contributed by atoms with Crippen LogP contribution >= 0.6 is 0 Å². The van der Waals surface area contributed by atoms with Crippen LogP contribution in [-0.2, 0) is 4.79 Å². The molecule has 2 atom stereocenters. The molecule has 0 radical (unpaired) electrons. The molecular formula is C27H32FN3O6. The lowest BCUT2D eigenvalue weighted by Gasteiger charge is -2.27. The van der Waals surface area contributed by atoms with Crippen molar-refractivity contribution in [3.05, 3.63) is 71.7 Å². The molecule has 1 amide bonds. The minimum absolute atomic E-state index is 0.0423. The molecule has 0 unspecified atom stereocenters. The zero-order valence-electron chi connectivity index (χ0n) is 21.3. The lowest BCUT2D eigenvalue weighted by atomic mass is 9.94. The molecule has 0 saturated carbocycles. The van der Waals surface area contributed by atoms with Gasteiger partial charge >= 0.3 is 5.97 Å². The summed E-state index contributed by atoms with van der Waals surface area (Å²) in [5.74, 6) is -2.04. The number of aliphatic carboxylic acids is 1. The molecule has 2 aromatic carbocycles. The highest BCUT2D eigenvalue weighted by atomic mass is 19.1. The van der Waals surface area contributed by atoms with Crippen LogP contribution in [0.2, 0.25) is 0 Å². The minimum Gasteiger partial charge on any atom is -0.494 e. The average molecular weight is 514 g/mol. The largest absolute Gasteiger partial charge is 0.494 e. The lowest BCUT2D eigenvalue weighted by molar-refractivity contribution is -0.137. The molecule has 0 bridgehead atoms. The first kappa shape index (κ1) is 27.7. The Balaban J connectivity index is 1.97. The van der Waals surface area contributed by atoms with Gasteiger partial charge < -0.3 is 25.0 Å². The molecule has 0 fully saturated rings. The Hall–Kier alpha value is -3.92. The predicted molar refractivity (Wildman–Crippen MR) is 135 cm³/mol. The van der Waals surface area contributed by atoms with Crippen molar-refractivity contribution in [2.75, 3.05) is 13.2 Å². The number of hydrogen-bond acceptors (Lipinski definition) is 6. The number of carbonyl (C=O) groups excluding carboxylic acids is 1. The molecule has 198 valence electrons. The van der Waals surface area contributed by atoms with Gasteiger partial charge in [-0.3, -0.25) is 9.59 Å². The predicted octanol–water partition coefficient (Wildman–Crippen LogP) is 4.14. The van der Waals surface area contributed by atoms with Crippen molar-refractivity contribution < 1.29 is 33.7 Å². The highest BCUT2D eigenvalue weighted by Gasteiger charge is 2.29. The molecule has 9 nitrogen and oxygen atoms in total. The first-order chi connectivity index (χ1) is 17.5. The molecule has 1 aromatic heterocycles. The van der Waals surface area contributed by atoms with E-state index >= 15 is 0 Å². The maximum atomic E-state index is 14.6. The Morgan fingerprint density at radius 1 is 1.14 bits per heavy atom. The van der Waals surface area contributed by atoms with E-state index in [0.29, 0.717) is 17.9 Å². The molecule has 0 aliphatic carbocycles. The summed E-state index contributed by atoms with van der Waals surface area (Å²) >= 11 is 0. The van der Waals surface area contributed by atoms with Gasteiger partial charge in [0.1, 0.15) is 23.9 Å². The van der Waals surface area contributed by atoms with E-state index in [0.717, 1.165) is 4.68 Å².